The van der Waals surface area contributed by atoms with Crippen molar-refractivity contribution in [1.29, 1.82) is 0 Å². The first-order valence-corrected chi connectivity index (χ1v) is 11.6. The minimum atomic E-state index is -4.60. The topological polar surface area (TPSA) is 52.7 Å². The first-order valence-electron chi connectivity index (χ1n) is 10.2. The summed E-state index contributed by atoms with van der Waals surface area (Å²) in [7, 11) is 0. The van der Waals surface area contributed by atoms with E-state index in [1.54, 1.807) is 22.4 Å². The van der Waals surface area contributed by atoms with Gasteiger partial charge >= 0.3 is 6.18 Å². The van der Waals surface area contributed by atoms with Gasteiger partial charge in [0, 0.05) is 35.7 Å². The second kappa shape index (κ2) is 9.80. The molecule has 0 saturated carbocycles. The third kappa shape index (κ3) is 5.10. The Bertz CT molecular complexity index is 958. The molecule has 174 valence electrons. The van der Waals surface area contributed by atoms with Crippen molar-refractivity contribution in [3.63, 3.8) is 0 Å². The van der Waals surface area contributed by atoms with E-state index in [2.05, 4.69) is 5.32 Å². The van der Waals surface area contributed by atoms with E-state index in [4.69, 9.17) is 11.6 Å². The van der Waals surface area contributed by atoms with Crippen molar-refractivity contribution in [3.05, 3.63) is 51.7 Å². The average Bonchev–Trinajstić information content (AvgIpc) is 3.24. The number of piperazine rings is 1. The summed E-state index contributed by atoms with van der Waals surface area (Å²) in [5.41, 5.74) is -0.965. The predicted molar refractivity (Wildman–Crippen MR) is 120 cm³/mol. The van der Waals surface area contributed by atoms with Crippen molar-refractivity contribution < 1.29 is 22.8 Å². The maximum Gasteiger partial charge on any atom is 0.416 e. The summed E-state index contributed by atoms with van der Waals surface area (Å²) in [6.07, 6.45) is -4.60. The molecule has 32 heavy (non-hydrogen) atoms. The molecule has 1 fully saturated rings. The van der Waals surface area contributed by atoms with Gasteiger partial charge in [-0.15, -0.1) is 22.9 Å². The van der Waals surface area contributed by atoms with Crippen LogP contribution in [-0.4, -0.2) is 47.8 Å². The Kier molecular flexibility index (Phi) is 7.52. The lowest BCUT2D eigenvalue weighted by Gasteiger charge is -2.40. The third-order valence-electron chi connectivity index (χ3n) is 5.43. The van der Waals surface area contributed by atoms with Crippen LogP contribution >= 0.6 is 22.9 Å². The van der Waals surface area contributed by atoms with Crippen LogP contribution in [0.25, 0.3) is 0 Å². The molecule has 1 N–H and O–H groups in total. The van der Waals surface area contributed by atoms with Gasteiger partial charge in [-0.2, -0.15) is 13.2 Å². The fourth-order valence-electron chi connectivity index (χ4n) is 4.16. The Balaban J connectivity index is 2.14. The molecule has 1 aliphatic heterocycles. The number of nitrogens with one attached hydrogen (secondary N) is 1. The molecule has 1 aromatic carbocycles. The molecule has 5 nitrogen and oxygen atoms in total. The number of carbonyl (C=O) groups excluding carboxylic acids is 2. The number of carbonyl (C=O) groups is 2. The summed E-state index contributed by atoms with van der Waals surface area (Å²) in [4.78, 5) is 30.1. The summed E-state index contributed by atoms with van der Waals surface area (Å²) in [6, 6.07) is 6.05. The molecule has 10 heteroatoms. The zero-order valence-electron chi connectivity index (χ0n) is 17.9. The molecule has 2 heterocycles. The van der Waals surface area contributed by atoms with Gasteiger partial charge in [0.05, 0.1) is 5.56 Å². The Morgan fingerprint density at radius 1 is 1.22 bits per heavy atom. The van der Waals surface area contributed by atoms with Gasteiger partial charge in [-0.3, -0.25) is 14.5 Å². The van der Waals surface area contributed by atoms with E-state index in [1.807, 2.05) is 13.8 Å². The van der Waals surface area contributed by atoms with Crippen LogP contribution < -0.4 is 10.2 Å². The number of thiophene rings is 1. The van der Waals surface area contributed by atoms with Crippen LogP contribution in [0.1, 0.15) is 35.9 Å². The second-order valence-electron chi connectivity index (χ2n) is 7.97. The molecule has 1 saturated heterocycles. The quantitative estimate of drug-likeness (QED) is 0.627. The SMILES string of the molecule is Cc1c(N(C(=O)CCl)C(C(=O)N2C[C@@H](C)N[C@@H](C)C2)c2cccs2)cccc1C(F)(F)F. The molecule has 1 aliphatic rings. The molecule has 3 atom stereocenters. The van der Waals surface area contributed by atoms with Crippen LogP contribution in [0.4, 0.5) is 18.9 Å². The minimum Gasteiger partial charge on any atom is -0.337 e. The molecule has 0 spiro atoms. The smallest absolute Gasteiger partial charge is 0.337 e. The van der Waals surface area contributed by atoms with Crippen LogP contribution in [0.2, 0.25) is 0 Å². The molecule has 0 aliphatic carbocycles. The number of rotatable bonds is 5. The Morgan fingerprint density at radius 3 is 2.41 bits per heavy atom. The predicted octanol–water partition coefficient (Wildman–Crippen LogP) is 4.60. The highest BCUT2D eigenvalue weighted by atomic mass is 35.5. The Labute approximate surface area is 194 Å². The fourth-order valence-corrected chi connectivity index (χ4v) is 5.09. The molecule has 2 amide bonds. The number of alkyl halides is 4. The lowest BCUT2D eigenvalue weighted by atomic mass is 10.0. The van der Waals surface area contributed by atoms with E-state index in [-0.39, 0.29) is 29.2 Å². The molecule has 1 aromatic heterocycles. The zero-order valence-corrected chi connectivity index (χ0v) is 19.5. The monoisotopic (exact) mass is 487 g/mol. The average molecular weight is 488 g/mol. The lowest BCUT2D eigenvalue weighted by molar-refractivity contribution is -0.138. The maximum atomic E-state index is 13.8. The van der Waals surface area contributed by atoms with Crippen molar-refractivity contribution >= 4 is 40.4 Å². The van der Waals surface area contributed by atoms with E-state index in [0.717, 1.165) is 11.0 Å². The van der Waals surface area contributed by atoms with Gasteiger partial charge in [0.1, 0.15) is 11.9 Å². The minimum absolute atomic E-state index is 0.0217. The van der Waals surface area contributed by atoms with Crippen LogP contribution in [0.3, 0.4) is 0 Å². The van der Waals surface area contributed by atoms with E-state index in [1.165, 1.54) is 30.4 Å². The van der Waals surface area contributed by atoms with Gasteiger partial charge in [-0.25, -0.2) is 0 Å². The Morgan fingerprint density at radius 2 is 1.88 bits per heavy atom. The molecule has 0 radical (unpaired) electrons. The number of halogens is 4. The van der Waals surface area contributed by atoms with Crippen LogP contribution in [0, 0.1) is 6.92 Å². The fraction of sp³-hybridized carbons (Fsp3) is 0.455. The van der Waals surface area contributed by atoms with Crippen molar-refractivity contribution in [3.8, 4) is 0 Å². The number of anilines is 1. The van der Waals surface area contributed by atoms with Crippen LogP contribution in [0.15, 0.2) is 35.7 Å². The van der Waals surface area contributed by atoms with Gasteiger partial charge in [-0.05, 0) is 49.9 Å². The summed E-state index contributed by atoms with van der Waals surface area (Å²) < 4.78 is 40.7. The van der Waals surface area contributed by atoms with Crippen LogP contribution in [0.5, 0.6) is 0 Å². The normalized spacial score (nSPS) is 20.2. The maximum absolute atomic E-state index is 13.8. The standard InChI is InChI=1S/C22H25ClF3N3O2S/c1-13-11-28(12-14(2)27-13)21(31)20(18-8-5-9-32-18)29(19(30)10-23)17-7-4-6-16(15(17)3)22(24,25)26/h4-9,13-14,20,27H,10-12H2,1-3H3/t13-,14+,20?. The van der Waals surface area contributed by atoms with E-state index in [0.29, 0.717) is 18.0 Å². The summed E-state index contributed by atoms with van der Waals surface area (Å²) in [5.74, 6) is -1.46. The second-order valence-corrected chi connectivity index (χ2v) is 9.22. The van der Waals surface area contributed by atoms with Gasteiger partial charge in [-0.1, -0.05) is 12.1 Å². The lowest BCUT2D eigenvalue weighted by Crippen LogP contribution is -2.58. The number of amides is 2. The highest BCUT2D eigenvalue weighted by Gasteiger charge is 2.40. The molecule has 0 bridgehead atoms. The van der Waals surface area contributed by atoms with E-state index in [9.17, 15) is 22.8 Å². The molecule has 1 unspecified atom stereocenters. The van der Waals surface area contributed by atoms with Crippen LogP contribution in [-0.2, 0) is 15.8 Å². The molecule has 2 aromatic rings. The summed E-state index contributed by atoms with van der Waals surface area (Å²) in [6.45, 7) is 6.06. The first kappa shape index (κ1) is 24.5. The van der Waals surface area contributed by atoms with Gasteiger partial charge in [0.25, 0.3) is 5.91 Å². The number of hydrogen-bond acceptors (Lipinski definition) is 4. The number of nitrogens with zero attached hydrogens (tertiary/aromatic N) is 2. The Hall–Kier alpha value is -2.10. The molecular formula is C22H25ClF3N3O2S. The summed E-state index contributed by atoms with van der Waals surface area (Å²) >= 11 is 7.15. The van der Waals surface area contributed by atoms with E-state index >= 15 is 0 Å². The van der Waals surface area contributed by atoms with Crippen molar-refractivity contribution in [1.82, 2.24) is 10.2 Å². The zero-order chi connectivity index (χ0) is 23.6. The third-order valence-corrected chi connectivity index (χ3v) is 6.58. The molecule has 3 rings (SSSR count). The van der Waals surface area contributed by atoms with Gasteiger partial charge in [0.15, 0.2) is 0 Å². The largest absolute Gasteiger partial charge is 0.416 e. The number of benzene rings is 1. The van der Waals surface area contributed by atoms with E-state index < -0.39 is 29.6 Å². The summed E-state index contributed by atoms with van der Waals surface area (Å²) in [5, 5.41) is 5.11. The van der Waals surface area contributed by atoms with Gasteiger partial charge < -0.3 is 10.2 Å². The highest BCUT2D eigenvalue weighted by Crippen LogP contribution is 2.39. The van der Waals surface area contributed by atoms with Crippen molar-refractivity contribution in [2.45, 2.75) is 45.1 Å². The molecular weight excluding hydrogens is 463 g/mol. The first-order chi connectivity index (χ1) is 15.0. The highest BCUT2D eigenvalue weighted by molar-refractivity contribution is 7.10. The van der Waals surface area contributed by atoms with Gasteiger partial charge in [0.2, 0.25) is 5.91 Å². The van der Waals surface area contributed by atoms with Crippen molar-refractivity contribution in [2.24, 2.45) is 0 Å². The van der Waals surface area contributed by atoms with Crippen molar-refractivity contribution in [2.75, 3.05) is 23.9 Å². The number of hydrogen-bond donors (Lipinski definition) is 1.